The largest absolute Gasteiger partial charge is 0.508 e. The SMILES string of the molecule is CN(C)CCCN1C(=O)C(=O)/C(=C(\O)c2ccc(Cl)c(Cl)c2)C1c1ccc(O)cc1. The minimum absolute atomic E-state index is 0.0195. The molecule has 0 bridgehead atoms. The van der Waals surface area contributed by atoms with E-state index in [1.165, 1.54) is 35.2 Å². The Balaban J connectivity index is 2.10. The van der Waals surface area contributed by atoms with Crippen molar-refractivity contribution in [3.8, 4) is 5.75 Å². The van der Waals surface area contributed by atoms with Gasteiger partial charge in [0.1, 0.15) is 11.5 Å². The van der Waals surface area contributed by atoms with Crippen LogP contribution in [0.25, 0.3) is 5.76 Å². The molecule has 1 fully saturated rings. The molecule has 8 heteroatoms. The highest BCUT2D eigenvalue weighted by Gasteiger charge is 2.45. The summed E-state index contributed by atoms with van der Waals surface area (Å²) in [6.07, 6.45) is 0.654. The normalized spacial score (nSPS) is 18.4. The lowest BCUT2D eigenvalue weighted by Gasteiger charge is -2.26. The second-order valence-corrected chi connectivity index (χ2v) is 8.18. The van der Waals surface area contributed by atoms with E-state index in [2.05, 4.69) is 0 Å². The lowest BCUT2D eigenvalue weighted by atomic mass is 9.95. The molecule has 1 unspecified atom stereocenters. The number of Topliss-reactive ketones (excluding diaryl/α,β-unsaturated/α-hetero) is 1. The number of rotatable bonds is 6. The topological polar surface area (TPSA) is 81.1 Å². The molecule has 0 radical (unpaired) electrons. The molecule has 3 rings (SSSR count). The van der Waals surface area contributed by atoms with Gasteiger partial charge in [-0.3, -0.25) is 9.59 Å². The zero-order chi connectivity index (χ0) is 22.0. The predicted octanol–water partition coefficient (Wildman–Crippen LogP) is 4.07. The third-order valence-electron chi connectivity index (χ3n) is 4.95. The van der Waals surface area contributed by atoms with E-state index in [1.807, 2.05) is 19.0 Å². The van der Waals surface area contributed by atoms with Gasteiger partial charge in [-0.1, -0.05) is 35.3 Å². The number of carbonyl (C=O) groups is 2. The highest BCUT2D eigenvalue weighted by Crippen LogP contribution is 2.40. The van der Waals surface area contributed by atoms with Crippen LogP contribution in [0.4, 0.5) is 0 Å². The molecule has 1 aliphatic rings. The Morgan fingerprint density at radius 2 is 1.73 bits per heavy atom. The van der Waals surface area contributed by atoms with Gasteiger partial charge in [0, 0.05) is 12.1 Å². The first-order valence-corrected chi connectivity index (χ1v) is 10.1. The van der Waals surface area contributed by atoms with Crippen molar-refractivity contribution in [3.05, 3.63) is 69.2 Å². The van der Waals surface area contributed by atoms with Crippen LogP contribution in [-0.2, 0) is 9.59 Å². The number of halogens is 2. The number of likely N-dealkylation sites (tertiary alicyclic amines) is 1. The van der Waals surface area contributed by atoms with Crippen LogP contribution in [0.15, 0.2) is 48.0 Å². The Bertz CT molecular complexity index is 1000. The second-order valence-electron chi connectivity index (χ2n) is 7.37. The number of amides is 1. The van der Waals surface area contributed by atoms with Gasteiger partial charge in [0.05, 0.1) is 21.7 Å². The molecule has 6 nitrogen and oxygen atoms in total. The second kappa shape index (κ2) is 9.08. The summed E-state index contributed by atoms with van der Waals surface area (Å²) < 4.78 is 0. The molecule has 0 aromatic heterocycles. The van der Waals surface area contributed by atoms with Crippen molar-refractivity contribution < 1.29 is 19.8 Å². The maximum Gasteiger partial charge on any atom is 0.295 e. The summed E-state index contributed by atoms with van der Waals surface area (Å²) in [6.45, 7) is 1.07. The monoisotopic (exact) mass is 448 g/mol. The first-order valence-electron chi connectivity index (χ1n) is 9.38. The Kier molecular flexibility index (Phi) is 6.71. The van der Waals surface area contributed by atoms with E-state index in [9.17, 15) is 19.8 Å². The Morgan fingerprint density at radius 1 is 1.07 bits per heavy atom. The number of hydrogen-bond acceptors (Lipinski definition) is 5. The molecular weight excluding hydrogens is 427 g/mol. The number of aromatic hydroxyl groups is 1. The summed E-state index contributed by atoms with van der Waals surface area (Å²) in [5.41, 5.74) is 0.881. The van der Waals surface area contributed by atoms with Crippen molar-refractivity contribution in [1.29, 1.82) is 0 Å². The average molecular weight is 449 g/mol. The van der Waals surface area contributed by atoms with Gasteiger partial charge in [-0.15, -0.1) is 0 Å². The number of benzene rings is 2. The van der Waals surface area contributed by atoms with Crippen LogP contribution in [0.3, 0.4) is 0 Å². The number of hydrogen-bond donors (Lipinski definition) is 2. The van der Waals surface area contributed by atoms with Crippen molar-refractivity contribution >= 4 is 40.7 Å². The quantitative estimate of drug-likeness (QED) is 0.395. The van der Waals surface area contributed by atoms with Crippen molar-refractivity contribution in [2.75, 3.05) is 27.2 Å². The average Bonchev–Trinajstić information content (AvgIpc) is 2.95. The maximum absolute atomic E-state index is 12.9. The molecule has 1 heterocycles. The third kappa shape index (κ3) is 4.46. The summed E-state index contributed by atoms with van der Waals surface area (Å²) in [5, 5.41) is 21.1. The molecule has 30 heavy (non-hydrogen) atoms. The molecular formula is C22H22Cl2N2O4. The summed E-state index contributed by atoms with van der Waals surface area (Å²) in [4.78, 5) is 29.2. The molecule has 1 atom stereocenters. The van der Waals surface area contributed by atoms with Crippen molar-refractivity contribution in [2.45, 2.75) is 12.5 Å². The van der Waals surface area contributed by atoms with Gasteiger partial charge < -0.3 is 20.0 Å². The number of carbonyl (C=O) groups excluding carboxylic acids is 2. The molecule has 1 saturated heterocycles. The summed E-state index contributed by atoms with van der Waals surface area (Å²) >= 11 is 12.0. The van der Waals surface area contributed by atoms with Gasteiger partial charge in [-0.05, 0) is 63.0 Å². The highest BCUT2D eigenvalue weighted by atomic mass is 35.5. The fraction of sp³-hybridized carbons (Fsp3) is 0.273. The first kappa shape index (κ1) is 22.2. The Labute approximate surface area is 184 Å². The minimum Gasteiger partial charge on any atom is -0.508 e. The molecule has 2 aromatic rings. The smallest absolute Gasteiger partial charge is 0.295 e. The Hall–Kier alpha value is -2.54. The van der Waals surface area contributed by atoms with Crippen LogP contribution in [0, 0.1) is 0 Å². The molecule has 2 aromatic carbocycles. The maximum atomic E-state index is 12.9. The molecule has 2 N–H and O–H groups in total. The van der Waals surface area contributed by atoms with E-state index in [0.717, 1.165) is 6.54 Å². The highest BCUT2D eigenvalue weighted by molar-refractivity contribution is 6.46. The summed E-state index contributed by atoms with van der Waals surface area (Å²) in [6, 6.07) is 9.95. The lowest BCUT2D eigenvalue weighted by Crippen LogP contribution is -2.32. The standard InChI is InChI=1S/C22H22Cl2N2O4/c1-25(2)10-3-11-26-19(13-4-7-15(27)8-5-13)18(21(29)22(26)30)20(28)14-6-9-16(23)17(24)12-14/h4-9,12,19,27-28H,3,10-11H2,1-2H3/b20-18-. The van der Waals surface area contributed by atoms with Gasteiger partial charge in [0.25, 0.3) is 11.7 Å². The first-order chi connectivity index (χ1) is 14.2. The van der Waals surface area contributed by atoms with E-state index in [-0.39, 0.29) is 22.1 Å². The predicted molar refractivity (Wildman–Crippen MR) is 117 cm³/mol. The number of phenols is 1. The lowest BCUT2D eigenvalue weighted by molar-refractivity contribution is -0.139. The van der Waals surface area contributed by atoms with Crippen LogP contribution in [0.1, 0.15) is 23.6 Å². The van der Waals surface area contributed by atoms with Gasteiger partial charge >= 0.3 is 0 Å². The molecule has 1 amide bonds. The van der Waals surface area contributed by atoms with Crippen LogP contribution in [0.5, 0.6) is 5.75 Å². The van der Waals surface area contributed by atoms with Crippen LogP contribution in [0.2, 0.25) is 10.0 Å². The zero-order valence-corrected chi connectivity index (χ0v) is 18.1. The van der Waals surface area contributed by atoms with Crippen molar-refractivity contribution in [2.24, 2.45) is 0 Å². The van der Waals surface area contributed by atoms with E-state index in [4.69, 9.17) is 23.2 Å². The van der Waals surface area contributed by atoms with E-state index < -0.39 is 17.7 Å². The van der Waals surface area contributed by atoms with Gasteiger partial charge in [0.2, 0.25) is 0 Å². The van der Waals surface area contributed by atoms with E-state index in [1.54, 1.807) is 12.1 Å². The van der Waals surface area contributed by atoms with E-state index in [0.29, 0.717) is 29.1 Å². The van der Waals surface area contributed by atoms with Crippen molar-refractivity contribution in [3.63, 3.8) is 0 Å². The fourth-order valence-electron chi connectivity index (χ4n) is 3.47. The van der Waals surface area contributed by atoms with Gasteiger partial charge in [-0.25, -0.2) is 0 Å². The fourth-order valence-corrected chi connectivity index (χ4v) is 3.77. The number of phenolic OH excluding ortho intramolecular Hbond substituents is 1. The zero-order valence-electron chi connectivity index (χ0n) is 16.6. The van der Waals surface area contributed by atoms with E-state index >= 15 is 0 Å². The van der Waals surface area contributed by atoms with Crippen LogP contribution in [-0.4, -0.2) is 58.9 Å². The van der Waals surface area contributed by atoms with Crippen molar-refractivity contribution in [1.82, 2.24) is 9.80 Å². The number of nitrogens with zero attached hydrogens (tertiary/aromatic N) is 2. The summed E-state index contributed by atoms with van der Waals surface area (Å²) in [7, 11) is 3.85. The van der Waals surface area contributed by atoms with Crippen LogP contribution >= 0.6 is 23.2 Å². The molecule has 0 spiro atoms. The number of aliphatic hydroxyl groups is 1. The molecule has 1 aliphatic heterocycles. The number of aliphatic hydroxyl groups excluding tert-OH is 1. The minimum atomic E-state index is -0.776. The molecule has 0 saturated carbocycles. The Morgan fingerprint density at radius 3 is 2.33 bits per heavy atom. The molecule has 0 aliphatic carbocycles. The van der Waals surface area contributed by atoms with Crippen LogP contribution < -0.4 is 0 Å². The molecule has 158 valence electrons. The van der Waals surface area contributed by atoms with Gasteiger partial charge in [0.15, 0.2) is 0 Å². The number of ketones is 1. The van der Waals surface area contributed by atoms with Gasteiger partial charge in [-0.2, -0.15) is 0 Å². The third-order valence-corrected chi connectivity index (χ3v) is 5.69. The summed E-state index contributed by atoms with van der Waals surface area (Å²) in [5.74, 6) is -1.69.